The highest BCUT2D eigenvalue weighted by atomic mass is 16.5. The lowest BCUT2D eigenvalue weighted by Crippen LogP contribution is -2.35. The maximum absolute atomic E-state index is 13.6. The molecule has 1 unspecified atom stereocenters. The molecule has 3 aromatic rings. The highest BCUT2D eigenvalue weighted by molar-refractivity contribution is 5.99. The molecule has 7 heteroatoms. The summed E-state index contributed by atoms with van der Waals surface area (Å²) >= 11 is 0. The molecule has 0 N–H and O–H groups in total. The summed E-state index contributed by atoms with van der Waals surface area (Å²) in [4.78, 5) is 42.4. The Hall–Kier alpha value is -3.45. The van der Waals surface area contributed by atoms with E-state index in [4.69, 9.17) is 9.15 Å². The predicted molar refractivity (Wildman–Crippen MR) is 121 cm³/mol. The number of esters is 1. The van der Waals surface area contributed by atoms with Gasteiger partial charge in [-0.25, -0.2) is 4.79 Å². The first-order valence-corrected chi connectivity index (χ1v) is 10.6. The highest BCUT2D eigenvalue weighted by Gasteiger charge is 2.42. The Bertz CT molecular complexity index is 1240. The minimum Gasteiger partial charge on any atom is -0.465 e. The van der Waals surface area contributed by atoms with E-state index in [2.05, 4.69) is 0 Å². The number of carbonyl (C=O) groups excluding carboxylic acids is 2. The number of methoxy groups -OCH3 is 1. The fourth-order valence-corrected chi connectivity index (χ4v) is 4.09. The third kappa shape index (κ3) is 3.69. The Labute approximate surface area is 186 Å². The summed E-state index contributed by atoms with van der Waals surface area (Å²) in [5, 5.41) is 0.474. The van der Waals surface area contributed by atoms with Crippen LogP contribution < -0.4 is 5.43 Å². The summed E-state index contributed by atoms with van der Waals surface area (Å²) in [5.41, 5.74) is 2.73. The van der Waals surface area contributed by atoms with Gasteiger partial charge in [-0.3, -0.25) is 9.59 Å². The van der Waals surface area contributed by atoms with Crippen molar-refractivity contribution in [2.75, 3.05) is 34.3 Å². The lowest BCUT2D eigenvalue weighted by atomic mass is 9.97. The summed E-state index contributed by atoms with van der Waals surface area (Å²) in [5.74, 6) is -0.656. The van der Waals surface area contributed by atoms with Gasteiger partial charge >= 0.3 is 5.97 Å². The van der Waals surface area contributed by atoms with Gasteiger partial charge in [0.2, 0.25) is 5.76 Å². The van der Waals surface area contributed by atoms with Crippen LogP contribution in [-0.2, 0) is 11.2 Å². The molecule has 1 aliphatic heterocycles. The lowest BCUT2D eigenvalue weighted by Gasteiger charge is -2.26. The van der Waals surface area contributed by atoms with Crippen LogP contribution in [-0.4, -0.2) is 56.0 Å². The van der Waals surface area contributed by atoms with Crippen LogP contribution in [0.2, 0.25) is 0 Å². The Balaban J connectivity index is 1.89. The lowest BCUT2D eigenvalue weighted by molar-refractivity contribution is 0.0599. The standard InChI is InChI=1S/C25H26N2O5/c1-5-15-6-11-19-18(14-15)22(28)20-21(16-7-9-17(10-8-16)25(30)31-4)27(13-12-26(2)3)24(29)23(20)32-19/h6-11,14,21H,5,12-13H2,1-4H3. The molecule has 0 saturated carbocycles. The van der Waals surface area contributed by atoms with Crippen molar-refractivity contribution in [3.63, 3.8) is 0 Å². The van der Waals surface area contributed by atoms with E-state index in [-0.39, 0.29) is 17.1 Å². The zero-order chi connectivity index (χ0) is 23.0. The molecule has 0 fully saturated rings. The first-order valence-electron chi connectivity index (χ1n) is 10.6. The van der Waals surface area contributed by atoms with E-state index in [0.717, 1.165) is 17.5 Å². The molecule has 0 radical (unpaired) electrons. The van der Waals surface area contributed by atoms with Gasteiger partial charge in [-0.1, -0.05) is 25.1 Å². The van der Waals surface area contributed by atoms with Crippen molar-refractivity contribution >= 4 is 22.8 Å². The first kappa shape index (κ1) is 21.8. The van der Waals surface area contributed by atoms with Crippen LogP contribution in [0.3, 0.4) is 0 Å². The van der Waals surface area contributed by atoms with Crippen LogP contribution in [0.5, 0.6) is 0 Å². The van der Waals surface area contributed by atoms with E-state index < -0.39 is 12.0 Å². The smallest absolute Gasteiger partial charge is 0.337 e. The van der Waals surface area contributed by atoms with Gasteiger partial charge in [0, 0.05) is 13.1 Å². The van der Waals surface area contributed by atoms with E-state index in [0.29, 0.717) is 35.2 Å². The predicted octanol–water partition coefficient (Wildman–Crippen LogP) is 3.25. The molecule has 0 saturated heterocycles. The molecule has 4 rings (SSSR count). The minimum atomic E-state index is -0.588. The van der Waals surface area contributed by atoms with Gasteiger partial charge in [-0.2, -0.15) is 0 Å². The molecule has 0 aliphatic carbocycles. The third-order valence-electron chi connectivity index (χ3n) is 5.87. The van der Waals surface area contributed by atoms with Crippen LogP contribution in [0, 0.1) is 0 Å². The molecule has 1 amide bonds. The second-order valence-corrected chi connectivity index (χ2v) is 8.18. The van der Waals surface area contributed by atoms with Crippen molar-refractivity contribution < 1.29 is 18.7 Å². The summed E-state index contributed by atoms with van der Waals surface area (Å²) < 4.78 is 10.8. The SMILES string of the molecule is CCc1ccc2oc3c(c(=O)c2c1)C(c1ccc(C(=O)OC)cc1)N(CCN(C)C)C3=O. The summed E-state index contributed by atoms with van der Waals surface area (Å²) in [7, 11) is 5.18. The van der Waals surface area contributed by atoms with Gasteiger partial charge in [0.05, 0.1) is 29.7 Å². The van der Waals surface area contributed by atoms with Crippen LogP contribution >= 0.6 is 0 Å². The molecule has 0 spiro atoms. The topological polar surface area (TPSA) is 80.1 Å². The van der Waals surface area contributed by atoms with Gasteiger partial charge in [-0.05, 0) is 55.9 Å². The van der Waals surface area contributed by atoms with Crippen LogP contribution in [0.25, 0.3) is 11.0 Å². The number of carbonyl (C=O) groups is 2. The zero-order valence-electron chi connectivity index (χ0n) is 18.7. The van der Waals surface area contributed by atoms with E-state index in [1.807, 2.05) is 38.1 Å². The summed E-state index contributed by atoms with van der Waals surface area (Å²) in [6, 6.07) is 11.7. The van der Waals surface area contributed by atoms with E-state index in [9.17, 15) is 14.4 Å². The highest BCUT2D eigenvalue weighted by Crippen LogP contribution is 2.38. The Morgan fingerprint density at radius 3 is 2.47 bits per heavy atom. The monoisotopic (exact) mass is 434 g/mol. The largest absolute Gasteiger partial charge is 0.465 e. The maximum Gasteiger partial charge on any atom is 0.337 e. The van der Waals surface area contributed by atoms with Gasteiger partial charge < -0.3 is 19.0 Å². The molecule has 7 nitrogen and oxygen atoms in total. The molecule has 1 aliphatic rings. The number of likely N-dealkylation sites (N-methyl/N-ethyl adjacent to an activating group) is 1. The van der Waals surface area contributed by atoms with Crippen molar-refractivity contribution in [2.24, 2.45) is 0 Å². The molecule has 1 aromatic heterocycles. The quantitative estimate of drug-likeness (QED) is 0.554. The van der Waals surface area contributed by atoms with Crippen molar-refractivity contribution in [1.29, 1.82) is 0 Å². The Morgan fingerprint density at radius 2 is 1.84 bits per heavy atom. The van der Waals surface area contributed by atoms with Gasteiger partial charge in [0.25, 0.3) is 5.91 Å². The number of hydrogen-bond donors (Lipinski definition) is 0. The number of nitrogens with zero attached hydrogens (tertiary/aromatic N) is 2. The second kappa shape index (κ2) is 8.59. The fourth-order valence-electron chi connectivity index (χ4n) is 4.09. The summed E-state index contributed by atoms with van der Waals surface area (Å²) in [6.07, 6.45) is 0.790. The molecular formula is C25H26N2O5. The first-order chi connectivity index (χ1) is 15.3. The minimum absolute atomic E-state index is 0.0903. The molecule has 2 aromatic carbocycles. The number of benzene rings is 2. The molecule has 32 heavy (non-hydrogen) atoms. The molecule has 1 atom stereocenters. The molecule has 166 valence electrons. The van der Waals surface area contributed by atoms with Crippen LogP contribution in [0.15, 0.2) is 51.7 Å². The number of fused-ring (bicyclic) bond motifs is 2. The van der Waals surface area contributed by atoms with Gasteiger partial charge in [0.1, 0.15) is 5.58 Å². The molecule has 2 heterocycles. The molecular weight excluding hydrogens is 408 g/mol. The van der Waals surface area contributed by atoms with Crippen LogP contribution in [0.1, 0.15) is 50.6 Å². The van der Waals surface area contributed by atoms with Crippen LogP contribution in [0.4, 0.5) is 0 Å². The van der Waals surface area contributed by atoms with Gasteiger partial charge in [-0.15, -0.1) is 0 Å². The van der Waals surface area contributed by atoms with Crippen molar-refractivity contribution in [1.82, 2.24) is 9.80 Å². The Kier molecular flexibility index (Phi) is 5.84. The number of ether oxygens (including phenoxy) is 1. The number of aryl methyl sites for hydroxylation is 1. The average molecular weight is 434 g/mol. The van der Waals surface area contributed by atoms with E-state index in [1.54, 1.807) is 35.2 Å². The van der Waals surface area contributed by atoms with Crippen molar-refractivity contribution in [2.45, 2.75) is 19.4 Å². The normalized spacial score (nSPS) is 15.5. The third-order valence-corrected chi connectivity index (χ3v) is 5.87. The average Bonchev–Trinajstić information content (AvgIpc) is 3.08. The maximum atomic E-state index is 13.6. The summed E-state index contributed by atoms with van der Waals surface area (Å²) in [6.45, 7) is 3.08. The molecule has 0 bridgehead atoms. The van der Waals surface area contributed by atoms with Gasteiger partial charge in [0.15, 0.2) is 5.43 Å². The Morgan fingerprint density at radius 1 is 1.12 bits per heavy atom. The number of rotatable bonds is 6. The number of hydrogen-bond acceptors (Lipinski definition) is 6. The van der Waals surface area contributed by atoms with E-state index >= 15 is 0 Å². The number of amides is 1. The van der Waals surface area contributed by atoms with Crippen molar-refractivity contribution in [3.05, 3.63) is 80.7 Å². The van der Waals surface area contributed by atoms with E-state index in [1.165, 1.54) is 7.11 Å². The fraction of sp³-hybridized carbons (Fsp3) is 0.320. The van der Waals surface area contributed by atoms with Crippen molar-refractivity contribution in [3.8, 4) is 0 Å². The zero-order valence-corrected chi connectivity index (χ0v) is 18.7. The second-order valence-electron chi connectivity index (χ2n) is 8.18.